The van der Waals surface area contributed by atoms with Crippen molar-refractivity contribution in [1.82, 2.24) is 9.34 Å². The number of carbonyl (C=O) groups is 1. The molecule has 0 aromatic rings. The van der Waals surface area contributed by atoms with E-state index in [-0.39, 0.29) is 12.4 Å². The summed E-state index contributed by atoms with van der Waals surface area (Å²) in [6, 6.07) is 0. The van der Waals surface area contributed by atoms with Gasteiger partial charge in [0.15, 0.2) is 0 Å². The van der Waals surface area contributed by atoms with Gasteiger partial charge in [0.05, 0.1) is 6.61 Å². The van der Waals surface area contributed by atoms with E-state index >= 15 is 0 Å². The molecule has 0 aliphatic rings. The van der Waals surface area contributed by atoms with Crippen LogP contribution in [-0.4, -0.2) is 50.1 Å². The minimum absolute atomic E-state index is 0.218. The Bertz CT molecular complexity index is 303. The highest BCUT2D eigenvalue weighted by Gasteiger charge is 2.33. The maximum atomic E-state index is 12.3. The molecule has 0 aromatic carbocycles. The van der Waals surface area contributed by atoms with Crippen LogP contribution in [0, 0.1) is 0 Å². The van der Waals surface area contributed by atoms with Gasteiger partial charge in [-0.05, 0) is 41.7 Å². The van der Waals surface area contributed by atoms with Crippen LogP contribution in [0.5, 0.6) is 0 Å². The SMILES string of the molecule is C=C(OP(=O)(N(C)C)N(C)C)C(=O)OCC. The number of ether oxygens (including phenoxy) is 1. The van der Waals surface area contributed by atoms with Crippen molar-refractivity contribution in [3.8, 4) is 0 Å². The van der Waals surface area contributed by atoms with Crippen LogP contribution in [0.3, 0.4) is 0 Å². The third kappa shape index (κ3) is 3.63. The maximum absolute atomic E-state index is 12.3. The molecule has 0 heterocycles. The first kappa shape index (κ1) is 15.2. The van der Waals surface area contributed by atoms with Crippen molar-refractivity contribution in [3.05, 3.63) is 12.3 Å². The second-order valence-electron chi connectivity index (χ2n) is 3.42. The van der Waals surface area contributed by atoms with E-state index in [1.807, 2.05) is 0 Å². The van der Waals surface area contributed by atoms with E-state index in [1.54, 1.807) is 35.1 Å². The smallest absolute Gasteiger partial charge is 0.394 e. The fraction of sp³-hybridized carbons (Fsp3) is 0.667. The highest BCUT2D eigenvalue weighted by Crippen LogP contribution is 2.52. The Morgan fingerprint density at radius 1 is 1.25 bits per heavy atom. The molecule has 0 spiro atoms. The van der Waals surface area contributed by atoms with Gasteiger partial charge in [-0.2, -0.15) is 0 Å². The molecule has 16 heavy (non-hydrogen) atoms. The van der Waals surface area contributed by atoms with Gasteiger partial charge in [-0.25, -0.2) is 18.7 Å². The largest absolute Gasteiger partial charge is 0.460 e. The number of carbonyl (C=O) groups excluding carboxylic acids is 1. The lowest BCUT2D eigenvalue weighted by molar-refractivity contribution is -0.141. The molecular weight excluding hydrogens is 231 g/mol. The van der Waals surface area contributed by atoms with E-state index in [2.05, 4.69) is 11.3 Å². The summed E-state index contributed by atoms with van der Waals surface area (Å²) < 4.78 is 24.9. The third-order valence-corrected chi connectivity index (χ3v) is 4.22. The van der Waals surface area contributed by atoms with E-state index in [0.717, 1.165) is 0 Å². The summed E-state index contributed by atoms with van der Waals surface area (Å²) in [6.45, 7) is 5.29. The zero-order chi connectivity index (χ0) is 12.9. The highest BCUT2D eigenvalue weighted by molar-refractivity contribution is 7.54. The number of hydrogen-bond donors (Lipinski definition) is 0. The Kier molecular flexibility index (Phi) is 5.72. The Balaban J connectivity index is 4.73. The van der Waals surface area contributed by atoms with Crippen molar-refractivity contribution >= 4 is 13.6 Å². The van der Waals surface area contributed by atoms with Crippen LogP contribution < -0.4 is 0 Å². The maximum Gasteiger partial charge on any atom is 0.394 e. The Hall–Kier alpha value is -0.840. The molecule has 0 saturated heterocycles. The number of nitrogens with zero attached hydrogens (tertiary/aromatic N) is 2. The fourth-order valence-corrected chi connectivity index (χ4v) is 2.32. The van der Waals surface area contributed by atoms with Crippen LogP contribution in [0.2, 0.25) is 0 Å². The van der Waals surface area contributed by atoms with E-state index in [9.17, 15) is 9.36 Å². The summed E-state index contributed by atoms with van der Waals surface area (Å²) >= 11 is 0. The van der Waals surface area contributed by atoms with Crippen molar-refractivity contribution in [2.75, 3.05) is 34.8 Å². The minimum atomic E-state index is -3.23. The van der Waals surface area contributed by atoms with Gasteiger partial charge >= 0.3 is 13.6 Å². The Morgan fingerprint density at radius 3 is 2.00 bits per heavy atom. The third-order valence-electron chi connectivity index (χ3n) is 1.74. The normalized spacial score (nSPS) is 11.7. The van der Waals surface area contributed by atoms with Gasteiger partial charge in [-0.1, -0.05) is 0 Å². The first-order valence-electron chi connectivity index (χ1n) is 4.77. The van der Waals surface area contributed by atoms with E-state index < -0.39 is 13.6 Å². The van der Waals surface area contributed by atoms with Crippen molar-refractivity contribution in [2.45, 2.75) is 6.92 Å². The molecule has 0 unspecified atom stereocenters. The predicted molar refractivity (Wildman–Crippen MR) is 61.8 cm³/mol. The van der Waals surface area contributed by atoms with Gasteiger partial charge in [-0.3, -0.25) is 0 Å². The first-order valence-corrected chi connectivity index (χ1v) is 6.30. The van der Waals surface area contributed by atoms with Crippen LogP contribution >= 0.6 is 7.67 Å². The number of hydrogen-bond acceptors (Lipinski definition) is 4. The van der Waals surface area contributed by atoms with Crippen LogP contribution in [0.1, 0.15) is 6.92 Å². The molecule has 0 radical (unpaired) electrons. The topological polar surface area (TPSA) is 59.1 Å². The molecule has 0 aliphatic carbocycles. The molecule has 0 atom stereocenters. The summed E-state index contributed by atoms with van der Waals surface area (Å²) in [6.07, 6.45) is 0. The quantitative estimate of drug-likeness (QED) is 0.306. The van der Waals surface area contributed by atoms with E-state index in [0.29, 0.717) is 0 Å². The van der Waals surface area contributed by atoms with Gasteiger partial charge in [0.1, 0.15) is 0 Å². The fourth-order valence-electron chi connectivity index (χ4n) is 0.913. The summed E-state index contributed by atoms with van der Waals surface area (Å²) in [5.74, 6) is -0.959. The molecule has 0 bridgehead atoms. The molecule has 0 aromatic heterocycles. The Labute approximate surface area is 96.4 Å². The van der Waals surface area contributed by atoms with Crippen molar-refractivity contribution in [2.24, 2.45) is 0 Å². The lowest BCUT2D eigenvalue weighted by Crippen LogP contribution is -2.24. The number of rotatable bonds is 6. The Morgan fingerprint density at radius 2 is 1.69 bits per heavy atom. The lowest BCUT2D eigenvalue weighted by atomic mass is 10.6. The second kappa shape index (κ2) is 6.03. The summed E-state index contributed by atoms with van der Waals surface area (Å²) in [7, 11) is 3.16. The number of esters is 1. The predicted octanol–water partition coefficient (Wildman–Crippen LogP) is 1.31. The summed E-state index contributed by atoms with van der Waals surface area (Å²) in [5.41, 5.74) is 0. The van der Waals surface area contributed by atoms with Crippen LogP contribution in [0.15, 0.2) is 12.3 Å². The van der Waals surface area contributed by atoms with Crippen molar-refractivity contribution in [1.29, 1.82) is 0 Å². The molecule has 0 rings (SSSR count). The van der Waals surface area contributed by atoms with Gasteiger partial charge < -0.3 is 9.26 Å². The molecule has 94 valence electrons. The lowest BCUT2D eigenvalue weighted by Gasteiger charge is -2.29. The van der Waals surface area contributed by atoms with Gasteiger partial charge in [0.25, 0.3) is 0 Å². The van der Waals surface area contributed by atoms with Crippen LogP contribution in [-0.2, 0) is 18.6 Å². The highest BCUT2D eigenvalue weighted by atomic mass is 31.2. The zero-order valence-corrected chi connectivity index (χ0v) is 11.3. The zero-order valence-electron chi connectivity index (χ0n) is 10.4. The standard InChI is InChI=1S/C9H19N2O4P/c1-7-14-9(12)8(2)15-16(13,10(3)4)11(5)6/h2,7H2,1,3-6H3. The molecule has 6 nitrogen and oxygen atoms in total. The van der Waals surface area contributed by atoms with Gasteiger partial charge in [0, 0.05) is 0 Å². The molecule has 0 amide bonds. The monoisotopic (exact) mass is 250 g/mol. The van der Waals surface area contributed by atoms with Gasteiger partial charge in [-0.15, -0.1) is 0 Å². The van der Waals surface area contributed by atoms with Crippen LogP contribution in [0.25, 0.3) is 0 Å². The van der Waals surface area contributed by atoms with Gasteiger partial charge in [0.2, 0.25) is 5.76 Å². The minimum Gasteiger partial charge on any atom is -0.460 e. The van der Waals surface area contributed by atoms with E-state index in [4.69, 9.17) is 4.52 Å². The molecule has 0 aliphatic heterocycles. The molecule has 0 N–H and O–H groups in total. The average molecular weight is 250 g/mol. The average Bonchev–Trinajstić information content (AvgIpc) is 2.17. The molecule has 7 heteroatoms. The summed E-state index contributed by atoms with van der Waals surface area (Å²) in [4.78, 5) is 11.3. The van der Waals surface area contributed by atoms with E-state index in [1.165, 1.54) is 9.34 Å². The van der Waals surface area contributed by atoms with Crippen LogP contribution in [0.4, 0.5) is 0 Å². The molecule has 0 saturated carbocycles. The van der Waals surface area contributed by atoms with Crippen molar-refractivity contribution < 1.29 is 18.6 Å². The first-order chi connectivity index (χ1) is 7.25. The molecule has 0 fully saturated rings. The van der Waals surface area contributed by atoms with Crippen molar-refractivity contribution in [3.63, 3.8) is 0 Å². The summed E-state index contributed by atoms with van der Waals surface area (Å²) in [5, 5.41) is 0. The molecular formula is C9H19N2O4P. The second-order valence-corrected chi connectivity index (χ2v) is 6.18.